The van der Waals surface area contributed by atoms with Gasteiger partial charge in [-0.3, -0.25) is 9.59 Å². The average molecular weight is 835 g/mol. The molecule has 0 bridgehead atoms. The van der Waals surface area contributed by atoms with E-state index < -0.39 is 22.4 Å². The lowest BCUT2D eigenvalue weighted by Crippen LogP contribution is -2.30. The van der Waals surface area contributed by atoms with Crippen molar-refractivity contribution in [3.8, 4) is 0 Å². The van der Waals surface area contributed by atoms with Crippen molar-refractivity contribution in [1.82, 2.24) is 0 Å². The van der Waals surface area contributed by atoms with E-state index in [0.717, 1.165) is 77.0 Å². The zero-order valence-corrected chi connectivity index (χ0v) is 41.0. The summed E-state index contributed by atoms with van der Waals surface area (Å²) in [5.41, 5.74) is -1.82. The van der Waals surface area contributed by atoms with Gasteiger partial charge in [-0.25, -0.2) is 0 Å². The highest BCUT2D eigenvalue weighted by molar-refractivity contribution is 5.70. The Morgan fingerprint density at radius 2 is 0.797 bits per heavy atom. The Balaban J connectivity index is 1.99. The number of hydrogen-bond donors (Lipinski definition) is 2. The van der Waals surface area contributed by atoms with Crippen molar-refractivity contribution >= 4 is 11.9 Å². The van der Waals surface area contributed by atoms with Crippen LogP contribution in [0.3, 0.4) is 0 Å². The zero-order valence-electron chi connectivity index (χ0n) is 41.0. The smallest absolute Gasteiger partial charge is 0.306 e. The third-order valence-electron chi connectivity index (χ3n) is 13.8. The minimum atomic E-state index is -0.568. The molecule has 2 N–H and O–H groups in total. The number of rotatable bonds is 41. The Morgan fingerprint density at radius 1 is 0.492 bits per heavy atom. The highest BCUT2D eigenvalue weighted by atomic mass is 16.6. The highest BCUT2D eigenvalue weighted by Crippen LogP contribution is 2.55. The summed E-state index contributed by atoms with van der Waals surface area (Å²) >= 11 is 0. The first-order chi connectivity index (χ1) is 27.9. The normalized spacial score (nSPS) is 18.9. The molecule has 0 aliphatic heterocycles. The number of unbranched alkanes of at least 4 members (excludes halogenated alkanes) is 22. The summed E-state index contributed by atoms with van der Waals surface area (Å²) in [6.07, 6.45) is 39.6. The van der Waals surface area contributed by atoms with Gasteiger partial charge in [0.15, 0.2) is 0 Å². The Kier molecular flexibility index (Phi) is 30.0. The molecule has 0 aromatic carbocycles. The summed E-state index contributed by atoms with van der Waals surface area (Å²) in [4.78, 5) is 25.1. The van der Waals surface area contributed by atoms with Gasteiger partial charge in [0.05, 0.1) is 11.2 Å². The second kappa shape index (κ2) is 31.7. The van der Waals surface area contributed by atoms with Crippen LogP contribution >= 0.6 is 0 Å². The lowest BCUT2D eigenvalue weighted by Gasteiger charge is -2.29. The molecule has 6 heteroatoms. The molecule has 1 aliphatic rings. The van der Waals surface area contributed by atoms with Gasteiger partial charge in [0.2, 0.25) is 0 Å². The van der Waals surface area contributed by atoms with Crippen molar-refractivity contribution in [3.05, 3.63) is 0 Å². The maximum Gasteiger partial charge on any atom is 0.306 e. The topological polar surface area (TPSA) is 93.1 Å². The van der Waals surface area contributed by atoms with Gasteiger partial charge in [0.25, 0.3) is 0 Å². The first-order valence-electron chi connectivity index (χ1n) is 25.8. The second-order valence-electron chi connectivity index (χ2n) is 21.3. The van der Waals surface area contributed by atoms with E-state index in [1.807, 2.05) is 41.5 Å². The summed E-state index contributed by atoms with van der Waals surface area (Å²) < 4.78 is 11.7. The SMILES string of the molecule is CCCCCCC(CCCCCCCCCCC(=O)OC(C)(C)CCCCCCC(C)(C)OC(=O)CCCCCCCCCCC1C(CCCCC)C1(C)O)C(C)(C)O. The number of aliphatic hydroxyl groups is 2. The molecule has 1 aliphatic carbocycles. The number of hydrogen-bond acceptors (Lipinski definition) is 6. The predicted molar refractivity (Wildman–Crippen MR) is 251 cm³/mol. The van der Waals surface area contributed by atoms with E-state index in [2.05, 4.69) is 20.8 Å². The first-order valence-corrected chi connectivity index (χ1v) is 25.8. The molecule has 0 aromatic rings. The van der Waals surface area contributed by atoms with Crippen LogP contribution in [0.15, 0.2) is 0 Å². The molecule has 0 heterocycles. The van der Waals surface area contributed by atoms with E-state index in [4.69, 9.17) is 9.47 Å². The third kappa shape index (κ3) is 29.0. The fourth-order valence-corrected chi connectivity index (χ4v) is 9.64. The predicted octanol–water partition coefficient (Wildman–Crippen LogP) is 15.7. The summed E-state index contributed by atoms with van der Waals surface area (Å²) in [5, 5.41) is 21.2. The van der Waals surface area contributed by atoms with Gasteiger partial charge in [-0.1, -0.05) is 162 Å². The molecule has 1 saturated carbocycles. The fourth-order valence-electron chi connectivity index (χ4n) is 9.64. The quantitative estimate of drug-likeness (QED) is 0.0471. The van der Waals surface area contributed by atoms with Crippen molar-refractivity contribution < 1.29 is 29.3 Å². The summed E-state index contributed by atoms with van der Waals surface area (Å²) in [5.74, 6) is 1.37. The Labute approximate surface area is 367 Å². The van der Waals surface area contributed by atoms with Crippen LogP contribution in [-0.4, -0.2) is 44.6 Å². The maximum absolute atomic E-state index is 12.6. The number of carbonyl (C=O) groups is 2. The van der Waals surface area contributed by atoms with Crippen LogP contribution in [0.1, 0.15) is 287 Å². The van der Waals surface area contributed by atoms with Crippen molar-refractivity contribution in [1.29, 1.82) is 0 Å². The van der Waals surface area contributed by atoms with E-state index in [0.29, 0.717) is 30.6 Å². The minimum Gasteiger partial charge on any atom is -0.460 e. The molecule has 4 atom stereocenters. The van der Waals surface area contributed by atoms with Gasteiger partial charge in [-0.2, -0.15) is 0 Å². The van der Waals surface area contributed by atoms with Crippen LogP contribution in [0.4, 0.5) is 0 Å². The zero-order chi connectivity index (χ0) is 44.0. The molecule has 0 saturated heterocycles. The van der Waals surface area contributed by atoms with Crippen LogP contribution in [0.2, 0.25) is 0 Å². The van der Waals surface area contributed by atoms with Gasteiger partial charge in [0, 0.05) is 12.8 Å². The van der Waals surface area contributed by atoms with Crippen LogP contribution in [-0.2, 0) is 19.1 Å². The molecule has 59 heavy (non-hydrogen) atoms. The number of esters is 2. The molecule has 0 radical (unpaired) electrons. The van der Waals surface area contributed by atoms with E-state index in [1.54, 1.807) is 0 Å². The van der Waals surface area contributed by atoms with Crippen molar-refractivity contribution in [3.63, 3.8) is 0 Å². The van der Waals surface area contributed by atoms with E-state index in [1.165, 1.54) is 135 Å². The summed E-state index contributed by atoms with van der Waals surface area (Å²) in [6.45, 7) is 18.7. The monoisotopic (exact) mass is 835 g/mol. The lowest BCUT2D eigenvalue weighted by atomic mass is 9.82. The van der Waals surface area contributed by atoms with Crippen LogP contribution in [0.25, 0.3) is 0 Å². The van der Waals surface area contributed by atoms with Crippen LogP contribution in [0.5, 0.6) is 0 Å². The molecule has 1 fully saturated rings. The molecule has 0 amide bonds. The van der Waals surface area contributed by atoms with Crippen molar-refractivity contribution in [2.75, 3.05) is 0 Å². The average Bonchev–Trinajstić information content (AvgIpc) is 3.67. The van der Waals surface area contributed by atoms with Crippen LogP contribution < -0.4 is 0 Å². The van der Waals surface area contributed by atoms with Gasteiger partial charge >= 0.3 is 11.9 Å². The van der Waals surface area contributed by atoms with Gasteiger partial charge < -0.3 is 19.7 Å². The lowest BCUT2D eigenvalue weighted by molar-refractivity contribution is -0.158. The Hall–Kier alpha value is -1.14. The van der Waals surface area contributed by atoms with E-state index in [9.17, 15) is 19.8 Å². The Morgan fingerprint density at radius 3 is 1.19 bits per heavy atom. The van der Waals surface area contributed by atoms with Gasteiger partial charge in [0.1, 0.15) is 11.2 Å². The number of ether oxygens (including phenoxy) is 2. The van der Waals surface area contributed by atoms with Gasteiger partial charge in [-0.05, 0) is 130 Å². The van der Waals surface area contributed by atoms with Crippen molar-refractivity contribution in [2.45, 2.75) is 309 Å². The standard InChI is InChI=1S/C53H102O6/c1-10-12-14-30-37-45(52(7,8)56)38-31-23-19-15-17-21-25-33-41-48(54)58-50(3,4)43-35-27-28-36-44-51(5,6)59-49(55)42-34-26-22-18-16-20-24-32-40-47-46(53(47,9)57)39-29-13-11-2/h45-47,56-57H,10-44H2,1-9H3. The minimum absolute atomic E-state index is 0.0608. The molecular formula is C53H102O6. The molecular weight excluding hydrogens is 733 g/mol. The Bertz CT molecular complexity index is 1040. The largest absolute Gasteiger partial charge is 0.460 e. The van der Waals surface area contributed by atoms with Gasteiger partial charge in [-0.15, -0.1) is 0 Å². The fraction of sp³-hybridized carbons (Fsp3) is 0.962. The summed E-state index contributed by atoms with van der Waals surface area (Å²) in [6, 6.07) is 0. The second-order valence-corrected chi connectivity index (χ2v) is 21.3. The highest BCUT2D eigenvalue weighted by Gasteiger charge is 2.58. The van der Waals surface area contributed by atoms with E-state index in [-0.39, 0.29) is 11.9 Å². The summed E-state index contributed by atoms with van der Waals surface area (Å²) in [7, 11) is 0. The molecule has 0 aromatic heterocycles. The molecule has 4 unspecified atom stereocenters. The number of carbonyl (C=O) groups excluding carboxylic acids is 2. The third-order valence-corrected chi connectivity index (χ3v) is 13.8. The molecule has 350 valence electrons. The molecule has 0 spiro atoms. The van der Waals surface area contributed by atoms with Crippen LogP contribution in [0, 0.1) is 17.8 Å². The first kappa shape index (κ1) is 55.9. The molecule has 6 nitrogen and oxygen atoms in total. The maximum atomic E-state index is 12.6. The van der Waals surface area contributed by atoms with Crippen molar-refractivity contribution in [2.24, 2.45) is 17.8 Å². The van der Waals surface area contributed by atoms with E-state index >= 15 is 0 Å². The molecule has 1 rings (SSSR count).